The summed E-state index contributed by atoms with van der Waals surface area (Å²) in [5, 5.41) is 3.13. The first kappa shape index (κ1) is 8.34. The maximum absolute atomic E-state index is 3.13. The van der Waals surface area contributed by atoms with E-state index in [4.69, 9.17) is 0 Å². The lowest BCUT2D eigenvalue weighted by Crippen LogP contribution is -2.11. The van der Waals surface area contributed by atoms with E-state index >= 15 is 0 Å². The molecule has 0 heterocycles. The lowest BCUT2D eigenvalue weighted by Gasteiger charge is -2.00. The molecule has 0 saturated heterocycles. The molecule has 0 fully saturated rings. The van der Waals surface area contributed by atoms with Crippen LogP contribution in [0.4, 0.5) is 0 Å². The predicted octanol–water partition coefficient (Wildman–Crippen LogP) is -0.293. The first-order valence-corrected chi connectivity index (χ1v) is 4.03. The van der Waals surface area contributed by atoms with E-state index < -0.39 is 0 Å². The van der Waals surface area contributed by atoms with Crippen LogP contribution in [0.25, 0.3) is 0 Å². The van der Waals surface area contributed by atoms with Crippen LogP contribution in [0.3, 0.4) is 0 Å². The maximum Gasteiger partial charge on any atom is 0.139 e. The number of rotatable bonds is 3. The van der Waals surface area contributed by atoms with Crippen LogP contribution in [-0.4, -0.2) is 21.4 Å². The Hall–Kier alpha value is -0.755. The topological polar surface area (TPSA) is 12.0 Å². The fourth-order valence-corrected chi connectivity index (χ4v) is 1.02. The van der Waals surface area contributed by atoms with Crippen LogP contribution in [0.5, 0.6) is 0 Å². The smallest absolute Gasteiger partial charge is 0.139 e. The molecular formula is C9H14BN. The van der Waals surface area contributed by atoms with Crippen molar-refractivity contribution in [3.63, 3.8) is 0 Å². The molecule has 1 rings (SSSR count). The first-order chi connectivity index (χ1) is 5.33. The highest BCUT2D eigenvalue weighted by Gasteiger charge is 1.89. The van der Waals surface area contributed by atoms with Crippen molar-refractivity contribution in [3.8, 4) is 0 Å². The molecule has 0 atom stereocenters. The number of nitrogens with one attached hydrogen (secondary N) is 1. The number of hydrogen-bond donors (Lipinski definition) is 1. The molecule has 0 bridgehead atoms. The van der Waals surface area contributed by atoms with Crippen molar-refractivity contribution >= 4 is 13.3 Å². The lowest BCUT2D eigenvalue weighted by molar-refractivity contribution is 0.792. The highest BCUT2D eigenvalue weighted by Crippen LogP contribution is 1.95. The Morgan fingerprint density at radius 2 is 1.91 bits per heavy atom. The van der Waals surface area contributed by atoms with E-state index in [0.717, 1.165) is 13.0 Å². The van der Waals surface area contributed by atoms with Crippen LogP contribution >= 0.6 is 0 Å². The Labute approximate surface area is 69.2 Å². The zero-order chi connectivity index (χ0) is 8.10. The first-order valence-electron chi connectivity index (χ1n) is 4.03. The largest absolute Gasteiger partial charge is 0.319 e. The predicted molar refractivity (Wildman–Crippen MR) is 52.3 cm³/mol. The molecule has 1 aromatic carbocycles. The molecule has 0 aliphatic rings. The monoisotopic (exact) mass is 147 g/mol. The van der Waals surface area contributed by atoms with Crippen LogP contribution in [0.15, 0.2) is 24.3 Å². The molecule has 2 heteroatoms. The van der Waals surface area contributed by atoms with Crippen LogP contribution in [0.1, 0.15) is 5.56 Å². The fourth-order valence-electron chi connectivity index (χ4n) is 1.02. The SMILES string of the molecule is Bc1ccc(CCNC)cc1. The van der Waals surface area contributed by atoms with Crippen LogP contribution in [0, 0.1) is 0 Å². The van der Waals surface area contributed by atoms with E-state index in [2.05, 4.69) is 37.4 Å². The maximum atomic E-state index is 3.13. The quantitative estimate of drug-likeness (QED) is 0.579. The molecule has 0 aliphatic heterocycles. The van der Waals surface area contributed by atoms with Gasteiger partial charge in [0, 0.05) is 0 Å². The molecule has 1 nitrogen and oxygen atoms in total. The number of likely N-dealkylation sites (N-methyl/N-ethyl adjacent to an activating group) is 1. The summed E-state index contributed by atoms with van der Waals surface area (Å²) in [6.07, 6.45) is 1.12. The van der Waals surface area contributed by atoms with Gasteiger partial charge in [-0.2, -0.15) is 0 Å². The van der Waals surface area contributed by atoms with Gasteiger partial charge in [-0.25, -0.2) is 0 Å². The second kappa shape index (κ2) is 4.19. The lowest BCUT2D eigenvalue weighted by atomic mass is 9.95. The van der Waals surface area contributed by atoms with Gasteiger partial charge in [-0.15, -0.1) is 0 Å². The van der Waals surface area contributed by atoms with Crippen LogP contribution < -0.4 is 10.8 Å². The molecule has 0 radical (unpaired) electrons. The van der Waals surface area contributed by atoms with Crippen molar-refractivity contribution in [2.45, 2.75) is 6.42 Å². The summed E-state index contributed by atoms with van der Waals surface area (Å²) in [7, 11) is 4.09. The van der Waals surface area contributed by atoms with E-state index in [1.807, 2.05) is 7.05 Å². The highest BCUT2D eigenvalue weighted by atomic mass is 14.8. The summed E-state index contributed by atoms with van der Waals surface area (Å²) in [4.78, 5) is 0. The minimum atomic E-state index is 1.06. The van der Waals surface area contributed by atoms with Crippen LogP contribution in [0.2, 0.25) is 0 Å². The van der Waals surface area contributed by atoms with E-state index in [1.54, 1.807) is 0 Å². The van der Waals surface area contributed by atoms with Gasteiger partial charge < -0.3 is 5.32 Å². The van der Waals surface area contributed by atoms with Crippen molar-refractivity contribution in [1.29, 1.82) is 0 Å². The van der Waals surface area contributed by atoms with Crippen LogP contribution in [-0.2, 0) is 6.42 Å². The molecule has 11 heavy (non-hydrogen) atoms. The molecule has 0 unspecified atom stereocenters. The third-order valence-electron chi connectivity index (χ3n) is 1.78. The molecule has 0 spiro atoms. The molecule has 0 aliphatic carbocycles. The molecule has 58 valence electrons. The van der Waals surface area contributed by atoms with Gasteiger partial charge in [0.2, 0.25) is 0 Å². The van der Waals surface area contributed by atoms with Gasteiger partial charge in [-0.3, -0.25) is 0 Å². The van der Waals surface area contributed by atoms with Gasteiger partial charge >= 0.3 is 0 Å². The van der Waals surface area contributed by atoms with E-state index in [0.29, 0.717) is 0 Å². The van der Waals surface area contributed by atoms with E-state index in [1.165, 1.54) is 11.0 Å². The minimum absolute atomic E-state index is 1.06. The van der Waals surface area contributed by atoms with Crippen molar-refractivity contribution in [2.75, 3.05) is 13.6 Å². The second-order valence-corrected chi connectivity index (χ2v) is 2.84. The fraction of sp³-hybridized carbons (Fsp3) is 0.333. The van der Waals surface area contributed by atoms with Crippen molar-refractivity contribution < 1.29 is 0 Å². The molecule has 0 saturated carbocycles. The standard InChI is InChI=1S/C9H14BN/c1-11-7-6-8-2-4-9(10)5-3-8/h2-5,11H,6-7,10H2,1H3. The van der Waals surface area contributed by atoms with Crippen molar-refractivity contribution in [2.24, 2.45) is 0 Å². The highest BCUT2D eigenvalue weighted by molar-refractivity contribution is 6.32. The zero-order valence-electron chi connectivity index (χ0n) is 7.22. The summed E-state index contributed by atoms with van der Waals surface area (Å²) in [6.45, 7) is 1.06. The van der Waals surface area contributed by atoms with Gasteiger partial charge in [-0.05, 0) is 25.6 Å². The van der Waals surface area contributed by atoms with Gasteiger partial charge in [0.15, 0.2) is 0 Å². The molecule has 1 N–H and O–H groups in total. The Kier molecular flexibility index (Phi) is 3.18. The van der Waals surface area contributed by atoms with Gasteiger partial charge in [0.05, 0.1) is 0 Å². The average molecular weight is 147 g/mol. The van der Waals surface area contributed by atoms with E-state index in [-0.39, 0.29) is 0 Å². The summed E-state index contributed by atoms with van der Waals surface area (Å²) < 4.78 is 0. The summed E-state index contributed by atoms with van der Waals surface area (Å²) >= 11 is 0. The van der Waals surface area contributed by atoms with Crippen molar-refractivity contribution in [3.05, 3.63) is 29.8 Å². The molecule has 1 aromatic rings. The minimum Gasteiger partial charge on any atom is -0.319 e. The Balaban J connectivity index is 2.52. The zero-order valence-corrected chi connectivity index (χ0v) is 7.22. The second-order valence-electron chi connectivity index (χ2n) is 2.84. The molecular weight excluding hydrogens is 133 g/mol. The molecule has 0 amide bonds. The Morgan fingerprint density at radius 1 is 1.27 bits per heavy atom. The third kappa shape index (κ3) is 2.77. The number of benzene rings is 1. The van der Waals surface area contributed by atoms with Gasteiger partial charge in [0.25, 0.3) is 0 Å². The Morgan fingerprint density at radius 3 is 2.45 bits per heavy atom. The Bertz CT molecular complexity index is 205. The molecule has 0 aromatic heterocycles. The van der Waals surface area contributed by atoms with Gasteiger partial charge in [0.1, 0.15) is 7.85 Å². The average Bonchev–Trinajstić information content (AvgIpc) is 2.04. The van der Waals surface area contributed by atoms with E-state index in [9.17, 15) is 0 Å². The summed E-state index contributed by atoms with van der Waals surface area (Å²) in [5.74, 6) is 0. The normalized spacial score (nSPS) is 9.91. The summed E-state index contributed by atoms with van der Waals surface area (Å²) in [5.41, 5.74) is 2.74. The van der Waals surface area contributed by atoms with Gasteiger partial charge in [-0.1, -0.05) is 29.7 Å². The summed E-state index contributed by atoms with van der Waals surface area (Å²) in [6, 6.07) is 8.69. The third-order valence-corrected chi connectivity index (χ3v) is 1.78. The van der Waals surface area contributed by atoms with Crippen molar-refractivity contribution in [1.82, 2.24) is 5.32 Å². The number of hydrogen-bond acceptors (Lipinski definition) is 1.